The Morgan fingerprint density at radius 3 is 2.62 bits per heavy atom. The third-order valence-electron chi connectivity index (χ3n) is 2.31. The van der Waals surface area contributed by atoms with E-state index in [1.807, 2.05) is 0 Å². The van der Waals surface area contributed by atoms with Crippen LogP contribution in [-0.4, -0.2) is 51.3 Å². The summed E-state index contributed by atoms with van der Waals surface area (Å²) in [4.78, 5) is 6.75. The number of hydrogen-bond acceptors (Lipinski definition) is 2. The molecule has 0 bridgehead atoms. The number of hydrogen-bond donors (Lipinski definition) is 1. The van der Waals surface area contributed by atoms with Gasteiger partial charge in [0.1, 0.15) is 0 Å². The SMILES string of the molecule is CCCCN(C)C(=NCCCOC)NCC. The van der Waals surface area contributed by atoms with Crippen molar-refractivity contribution < 1.29 is 4.74 Å². The topological polar surface area (TPSA) is 36.9 Å². The molecule has 96 valence electrons. The summed E-state index contributed by atoms with van der Waals surface area (Å²) in [6, 6.07) is 0. The Labute approximate surface area is 100 Å². The fourth-order valence-corrected chi connectivity index (χ4v) is 1.36. The molecule has 0 saturated carbocycles. The summed E-state index contributed by atoms with van der Waals surface area (Å²) in [7, 11) is 3.82. The Balaban J connectivity index is 4.01. The van der Waals surface area contributed by atoms with Crippen LogP contribution in [0.4, 0.5) is 0 Å². The van der Waals surface area contributed by atoms with Gasteiger partial charge in [-0.15, -0.1) is 0 Å². The van der Waals surface area contributed by atoms with Crippen molar-refractivity contribution >= 4 is 5.96 Å². The smallest absolute Gasteiger partial charge is 0.193 e. The predicted molar refractivity (Wildman–Crippen MR) is 70.0 cm³/mol. The normalized spacial score (nSPS) is 11.6. The van der Waals surface area contributed by atoms with Crippen LogP contribution in [0.25, 0.3) is 0 Å². The largest absolute Gasteiger partial charge is 0.385 e. The van der Waals surface area contributed by atoms with Gasteiger partial charge in [-0.05, 0) is 19.8 Å². The summed E-state index contributed by atoms with van der Waals surface area (Å²) in [5, 5.41) is 3.30. The lowest BCUT2D eigenvalue weighted by Gasteiger charge is -2.21. The fraction of sp³-hybridized carbons (Fsp3) is 0.917. The summed E-state index contributed by atoms with van der Waals surface area (Å²) in [6.45, 7) is 7.88. The highest BCUT2D eigenvalue weighted by atomic mass is 16.5. The van der Waals surface area contributed by atoms with E-state index in [1.54, 1.807) is 7.11 Å². The molecule has 0 radical (unpaired) electrons. The molecule has 0 aromatic carbocycles. The molecular weight excluding hydrogens is 202 g/mol. The van der Waals surface area contributed by atoms with Crippen molar-refractivity contribution in [1.82, 2.24) is 10.2 Å². The first-order chi connectivity index (χ1) is 7.76. The Hall–Kier alpha value is -0.770. The third kappa shape index (κ3) is 7.51. The van der Waals surface area contributed by atoms with Crippen molar-refractivity contribution in [2.45, 2.75) is 33.1 Å². The Morgan fingerprint density at radius 2 is 2.06 bits per heavy atom. The van der Waals surface area contributed by atoms with E-state index in [-0.39, 0.29) is 0 Å². The van der Waals surface area contributed by atoms with Crippen LogP contribution in [0.3, 0.4) is 0 Å². The molecule has 0 aromatic heterocycles. The molecule has 4 heteroatoms. The van der Waals surface area contributed by atoms with Crippen LogP contribution in [0.15, 0.2) is 4.99 Å². The second kappa shape index (κ2) is 10.7. The Kier molecular flexibility index (Phi) is 10.2. The Morgan fingerprint density at radius 1 is 1.31 bits per heavy atom. The van der Waals surface area contributed by atoms with Gasteiger partial charge >= 0.3 is 0 Å². The van der Waals surface area contributed by atoms with Gasteiger partial charge in [-0.25, -0.2) is 0 Å². The molecule has 0 aromatic rings. The molecule has 0 aliphatic rings. The number of aliphatic imine (C=N–C) groups is 1. The van der Waals surface area contributed by atoms with Crippen molar-refractivity contribution in [2.24, 2.45) is 4.99 Å². The summed E-state index contributed by atoms with van der Waals surface area (Å²) >= 11 is 0. The minimum Gasteiger partial charge on any atom is -0.385 e. The van der Waals surface area contributed by atoms with Crippen molar-refractivity contribution in [1.29, 1.82) is 0 Å². The van der Waals surface area contributed by atoms with Crippen LogP contribution in [0, 0.1) is 0 Å². The first-order valence-corrected chi connectivity index (χ1v) is 6.24. The lowest BCUT2D eigenvalue weighted by molar-refractivity contribution is 0.197. The molecule has 0 heterocycles. The van der Waals surface area contributed by atoms with Crippen molar-refractivity contribution in [3.8, 4) is 0 Å². The van der Waals surface area contributed by atoms with Crippen molar-refractivity contribution in [3.63, 3.8) is 0 Å². The van der Waals surface area contributed by atoms with Crippen LogP contribution < -0.4 is 5.32 Å². The molecule has 0 amide bonds. The maximum absolute atomic E-state index is 5.01. The molecule has 4 nitrogen and oxygen atoms in total. The van der Waals surface area contributed by atoms with Gasteiger partial charge in [0.15, 0.2) is 5.96 Å². The van der Waals surface area contributed by atoms with Crippen LogP contribution in [0.2, 0.25) is 0 Å². The van der Waals surface area contributed by atoms with E-state index >= 15 is 0 Å². The van der Waals surface area contributed by atoms with E-state index in [1.165, 1.54) is 12.8 Å². The van der Waals surface area contributed by atoms with E-state index in [0.717, 1.165) is 38.6 Å². The van der Waals surface area contributed by atoms with E-state index in [2.05, 4.69) is 36.1 Å². The van der Waals surface area contributed by atoms with Gasteiger partial charge in [0.25, 0.3) is 0 Å². The second-order valence-electron chi connectivity index (χ2n) is 3.86. The highest BCUT2D eigenvalue weighted by Crippen LogP contribution is 1.94. The molecule has 16 heavy (non-hydrogen) atoms. The third-order valence-corrected chi connectivity index (χ3v) is 2.31. The lowest BCUT2D eigenvalue weighted by atomic mass is 10.3. The molecule has 0 saturated heterocycles. The van der Waals surface area contributed by atoms with Crippen molar-refractivity contribution in [2.75, 3.05) is 40.4 Å². The number of methoxy groups -OCH3 is 1. The van der Waals surface area contributed by atoms with Gasteiger partial charge in [-0.3, -0.25) is 4.99 Å². The standard InChI is InChI=1S/C12H27N3O/c1-5-7-10-15(3)12(13-6-2)14-9-8-11-16-4/h5-11H2,1-4H3,(H,13,14). The maximum Gasteiger partial charge on any atom is 0.193 e. The molecule has 0 aliphatic heterocycles. The lowest BCUT2D eigenvalue weighted by Crippen LogP contribution is -2.39. The van der Waals surface area contributed by atoms with E-state index in [4.69, 9.17) is 4.74 Å². The predicted octanol–water partition coefficient (Wildman–Crippen LogP) is 1.72. The van der Waals surface area contributed by atoms with Gasteiger partial charge in [-0.1, -0.05) is 13.3 Å². The number of ether oxygens (including phenoxy) is 1. The minimum atomic E-state index is 0.779. The van der Waals surface area contributed by atoms with Crippen LogP contribution >= 0.6 is 0 Å². The average Bonchev–Trinajstić information content (AvgIpc) is 2.30. The number of unbranched alkanes of at least 4 members (excludes halogenated alkanes) is 1. The number of guanidine groups is 1. The zero-order valence-corrected chi connectivity index (χ0v) is 11.3. The fourth-order valence-electron chi connectivity index (χ4n) is 1.36. The van der Waals surface area contributed by atoms with Gasteiger partial charge < -0.3 is 15.0 Å². The molecular formula is C12H27N3O. The van der Waals surface area contributed by atoms with Crippen molar-refractivity contribution in [3.05, 3.63) is 0 Å². The summed E-state index contributed by atoms with van der Waals surface area (Å²) in [5.41, 5.74) is 0. The summed E-state index contributed by atoms with van der Waals surface area (Å²) < 4.78 is 5.01. The van der Waals surface area contributed by atoms with E-state index < -0.39 is 0 Å². The molecule has 0 rings (SSSR count). The van der Waals surface area contributed by atoms with Crippen LogP contribution in [0.1, 0.15) is 33.1 Å². The van der Waals surface area contributed by atoms with Gasteiger partial charge in [-0.2, -0.15) is 0 Å². The monoisotopic (exact) mass is 229 g/mol. The molecule has 0 aliphatic carbocycles. The molecule has 0 fully saturated rings. The average molecular weight is 229 g/mol. The molecule has 0 atom stereocenters. The van der Waals surface area contributed by atoms with E-state index in [0.29, 0.717) is 0 Å². The maximum atomic E-state index is 5.01. The number of rotatable bonds is 8. The summed E-state index contributed by atoms with van der Waals surface area (Å²) in [5.74, 6) is 1.01. The van der Waals surface area contributed by atoms with Crippen LogP contribution in [0.5, 0.6) is 0 Å². The second-order valence-corrected chi connectivity index (χ2v) is 3.86. The summed E-state index contributed by atoms with van der Waals surface area (Å²) in [6.07, 6.45) is 3.40. The highest BCUT2D eigenvalue weighted by molar-refractivity contribution is 5.79. The van der Waals surface area contributed by atoms with E-state index in [9.17, 15) is 0 Å². The van der Waals surface area contributed by atoms with Gasteiger partial charge in [0.2, 0.25) is 0 Å². The highest BCUT2D eigenvalue weighted by Gasteiger charge is 2.03. The molecule has 1 N–H and O–H groups in total. The minimum absolute atomic E-state index is 0.779. The van der Waals surface area contributed by atoms with Gasteiger partial charge in [0, 0.05) is 40.4 Å². The van der Waals surface area contributed by atoms with Gasteiger partial charge in [0.05, 0.1) is 0 Å². The Bertz CT molecular complexity index is 183. The zero-order chi connectivity index (χ0) is 12.2. The first kappa shape index (κ1) is 15.2. The molecule has 0 unspecified atom stereocenters. The number of nitrogens with one attached hydrogen (secondary N) is 1. The number of nitrogens with zero attached hydrogens (tertiary/aromatic N) is 2. The quantitative estimate of drug-likeness (QED) is 0.391. The zero-order valence-electron chi connectivity index (χ0n) is 11.3. The first-order valence-electron chi connectivity index (χ1n) is 6.24. The van der Waals surface area contributed by atoms with Crippen LogP contribution in [-0.2, 0) is 4.74 Å². The molecule has 0 spiro atoms.